The van der Waals surface area contributed by atoms with Crippen molar-refractivity contribution in [1.82, 2.24) is 0 Å². The molecule has 0 amide bonds. The van der Waals surface area contributed by atoms with Gasteiger partial charge in [-0.3, -0.25) is 0 Å². The summed E-state index contributed by atoms with van der Waals surface area (Å²) in [6.45, 7) is 9.45. The number of nitrogens with one attached hydrogen (secondary N) is 2. The Hall–Kier alpha value is -1.10. The van der Waals surface area contributed by atoms with Gasteiger partial charge in [-0.25, -0.2) is 0 Å². The predicted molar refractivity (Wildman–Crippen MR) is 101 cm³/mol. The van der Waals surface area contributed by atoms with E-state index in [1.165, 1.54) is 62.2 Å². The van der Waals surface area contributed by atoms with Crippen molar-refractivity contribution in [3.63, 3.8) is 0 Å². The van der Waals surface area contributed by atoms with Crippen LogP contribution < -0.4 is 14.5 Å². The van der Waals surface area contributed by atoms with Gasteiger partial charge < -0.3 is 19.6 Å². The highest BCUT2D eigenvalue weighted by molar-refractivity contribution is 5.29. The zero-order valence-corrected chi connectivity index (χ0v) is 15.8. The highest BCUT2D eigenvalue weighted by atomic mass is 16.5. The monoisotopic (exact) mass is 348 g/mol. The summed E-state index contributed by atoms with van der Waals surface area (Å²) in [5.74, 6) is 1.62. The van der Waals surface area contributed by atoms with E-state index in [-0.39, 0.29) is 6.10 Å². The van der Waals surface area contributed by atoms with E-state index in [9.17, 15) is 5.11 Å². The van der Waals surface area contributed by atoms with E-state index in [2.05, 4.69) is 31.2 Å². The molecule has 1 heterocycles. The van der Waals surface area contributed by atoms with Gasteiger partial charge in [0, 0.05) is 0 Å². The average Bonchev–Trinajstić information content (AvgIpc) is 2.68. The smallest absolute Gasteiger partial charge is 0.137 e. The molecule has 0 bridgehead atoms. The van der Waals surface area contributed by atoms with Crippen molar-refractivity contribution in [1.29, 1.82) is 0 Å². The van der Waals surface area contributed by atoms with E-state index in [1.807, 2.05) is 0 Å². The van der Waals surface area contributed by atoms with E-state index in [1.54, 1.807) is 4.90 Å². The minimum absolute atomic E-state index is 0.379. The van der Waals surface area contributed by atoms with Crippen LogP contribution in [0.3, 0.4) is 0 Å². The van der Waals surface area contributed by atoms with Crippen molar-refractivity contribution in [2.75, 3.05) is 45.9 Å². The Labute approximate surface area is 152 Å². The van der Waals surface area contributed by atoms with Gasteiger partial charge in [0.25, 0.3) is 0 Å². The number of hydrogen-bond donors (Lipinski definition) is 3. The minimum atomic E-state index is -0.379. The van der Waals surface area contributed by atoms with E-state index >= 15 is 0 Å². The molecule has 25 heavy (non-hydrogen) atoms. The first-order valence-electron chi connectivity index (χ1n) is 10.3. The van der Waals surface area contributed by atoms with Crippen LogP contribution in [-0.4, -0.2) is 57.1 Å². The van der Waals surface area contributed by atoms with Gasteiger partial charge in [0.1, 0.15) is 51.2 Å². The molecule has 0 aromatic heterocycles. The molecule has 1 aromatic carbocycles. The SMILES string of the molecule is CC[NH+]1CC[NH+](C[C@@H](O)COc2ccc(C3CCCCC3)cc2)CC1. The lowest BCUT2D eigenvalue weighted by atomic mass is 9.84. The Kier molecular flexibility index (Phi) is 7.14. The van der Waals surface area contributed by atoms with Crippen molar-refractivity contribution < 1.29 is 19.6 Å². The van der Waals surface area contributed by atoms with E-state index in [0.717, 1.165) is 31.3 Å². The fraction of sp³-hybridized carbons (Fsp3) is 0.714. The second kappa shape index (κ2) is 9.56. The summed E-state index contributed by atoms with van der Waals surface area (Å²) in [6, 6.07) is 8.59. The van der Waals surface area contributed by atoms with Gasteiger partial charge in [0.15, 0.2) is 0 Å². The Bertz CT molecular complexity index is 491. The molecule has 3 rings (SSSR count). The van der Waals surface area contributed by atoms with Crippen LogP contribution in [0.1, 0.15) is 50.5 Å². The quantitative estimate of drug-likeness (QED) is 0.662. The average molecular weight is 349 g/mol. The van der Waals surface area contributed by atoms with Crippen LogP contribution in [0.2, 0.25) is 0 Å². The van der Waals surface area contributed by atoms with Gasteiger partial charge in [-0.2, -0.15) is 0 Å². The molecule has 4 heteroatoms. The molecule has 4 nitrogen and oxygen atoms in total. The number of aliphatic hydroxyl groups excluding tert-OH is 1. The Balaban J connectivity index is 1.39. The molecule has 1 aliphatic carbocycles. The molecule has 1 saturated heterocycles. The van der Waals surface area contributed by atoms with Gasteiger partial charge in [-0.1, -0.05) is 31.4 Å². The van der Waals surface area contributed by atoms with Crippen molar-refractivity contribution in [3.8, 4) is 5.75 Å². The first-order valence-corrected chi connectivity index (χ1v) is 10.3. The highest BCUT2D eigenvalue weighted by Crippen LogP contribution is 2.33. The molecule has 2 aliphatic rings. The van der Waals surface area contributed by atoms with Gasteiger partial charge in [-0.15, -0.1) is 0 Å². The molecule has 0 radical (unpaired) electrons. The molecule has 140 valence electrons. The summed E-state index contributed by atoms with van der Waals surface area (Å²) >= 11 is 0. The maximum Gasteiger partial charge on any atom is 0.137 e. The predicted octanol–water partition coefficient (Wildman–Crippen LogP) is 0.277. The van der Waals surface area contributed by atoms with Crippen LogP contribution in [0.15, 0.2) is 24.3 Å². The number of piperazine rings is 1. The number of benzene rings is 1. The molecule has 1 atom stereocenters. The molecule has 3 N–H and O–H groups in total. The Morgan fingerprint density at radius 3 is 2.28 bits per heavy atom. The minimum Gasteiger partial charge on any atom is -0.491 e. The van der Waals surface area contributed by atoms with Crippen LogP contribution >= 0.6 is 0 Å². The maximum atomic E-state index is 10.3. The number of ether oxygens (including phenoxy) is 1. The zero-order valence-electron chi connectivity index (χ0n) is 15.8. The van der Waals surface area contributed by atoms with E-state index in [0.29, 0.717) is 6.61 Å². The topological polar surface area (TPSA) is 38.3 Å². The fourth-order valence-electron chi connectivity index (χ4n) is 4.37. The van der Waals surface area contributed by atoms with Gasteiger partial charge in [0.05, 0.1) is 6.54 Å². The first-order chi connectivity index (χ1) is 12.2. The van der Waals surface area contributed by atoms with Crippen LogP contribution in [0, 0.1) is 0 Å². The zero-order chi connectivity index (χ0) is 17.5. The summed E-state index contributed by atoms with van der Waals surface area (Å²) in [5, 5.41) is 10.3. The van der Waals surface area contributed by atoms with Gasteiger partial charge >= 0.3 is 0 Å². The largest absolute Gasteiger partial charge is 0.491 e. The summed E-state index contributed by atoms with van der Waals surface area (Å²) in [7, 11) is 0. The summed E-state index contributed by atoms with van der Waals surface area (Å²) in [4.78, 5) is 3.20. The fourth-order valence-corrected chi connectivity index (χ4v) is 4.37. The third-order valence-corrected chi connectivity index (χ3v) is 6.09. The maximum absolute atomic E-state index is 10.3. The molecule has 1 aliphatic heterocycles. The van der Waals surface area contributed by atoms with Crippen molar-refractivity contribution in [2.24, 2.45) is 0 Å². The van der Waals surface area contributed by atoms with Crippen molar-refractivity contribution in [2.45, 2.75) is 51.0 Å². The number of hydrogen-bond acceptors (Lipinski definition) is 2. The van der Waals surface area contributed by atoms with Gasteiger partial charge in [-0.05, 0) is 43.4 Å². The molecule has 0 unspecified atom stereocenters. The van der Waals surface area contributed by atoms with Crippen molar-refractivity contribution in [3.05, 3.63) is 29.8 Å². The number of aliphatic hydroxyl groups is 1. The van der Waals surface area contributed by atoms with Crippen molar-refractivity contribution >= 4 is 0 Å². The van der Waals surface area contributed by atoms with E-state index in [4.69, 9.17) is 4.74 Å². The van der Waals surface area contributed by atoms with Gasteiger partial charge in [0.2, 0.25) is 0 Å². The third-order valence-electron chi connectivity index (χ3n) is 6.09. The summed E-state index contributed by atoms with van der Waals surface area (Å²) < 4.78 is 5.83. The standard InChI is InChI=1S/C21H34N2O2/c1-2-22-12-14-23(15-13-22)16-20(24)17-25-21-10-8-19(9-11-21)18-6-4-3-5-7-18/h8-11,18,20,24H,2-7,12-17H2,1H3/p+2/t20-/m1/s1. The normalized spacial score (nSPS) is 26.3. The summed E-state index contributed by atoms with van der Waals surface area (Å²) in [5.41, 5.74) is 1.45. The molecular formula is C21H36N2O2+2. The molecular weight excluding hydrogens is 312 g/mol. The van der Waals surface area contributed by atoms with Crippen LogP contribution in [-0.2, 0) is 0 Å². The lowest BCUT2D eigenvalue weighted by Gasteiger charge is -2.30. The lowest BCUT2D eigenvalue weighted by molar-refractivity contribution is -1.01. The molecule has 2 fully saturated rings. The van der Waals surface area contributed by atoms with Crippen LogP contribution in [0.25, 0.3) is 0 Å². The Morgan fingerprint density at radius 2 is 1.64 bits per heavy atom. The lowest BCUT2D eigenvalue weighted by Crippen LogP contribution is -3.28. The van der Waals surface area contributed by atoms with E-state index < -0.39 is 0 Å². The number of quaternary nitrogens is 2. The van der Waals surface area contributed by atoms with Crippen LogP contribution in [0.5, 0.6) is 5.75 Å². The second-order valence-corrected chi connectivity index (χ2v) is 7.93. The molecule has 1 saturated carbocycles. The third kappa shape index (κ3) is 5.70. The summed E-state index contributed by atoms with van der Waals surface area (Å²) in [6.07, 6.45) is 6.41. The molecule has 0 spiro atoms. The second-order valence-electron chi connectivity index (χ2n) is 7.93. The number of rotatable bonds is 7. The first kappa shape index (κ1) is 18.7. The highest BCUT2D eigenvalue weighted by Gasteiger charge is 2.24. The Morgan fingerprint density at radius 1 is 1.00 bits per heavy atom. The molecule has 1 aromatic rings. The van der Waals surface area contributed by atoms with Crippen LogP contribution in [0.4, 0.5) is 0 Å². The number of likely N-dealkylation sites (N-methyl/N-ethyl adjacent to an activating group) is 1.